The molecule has 1 unspecified atom stereocenters. The molecule has 0 fully saturated rings. The van der Waals surface area contributed by atoms with Crippen LogP contribution in [0, 0.1) is 0 Å². The third-order valence-electron chi connectivity index (χ3n) is 2.69. The van der Waals surface area contributed by atoms with E-state index >= 15 is 0 Å². The van der Waals surface area contributed by atoms with Gasteiger partial charge in [-0.15, -0.1) is 0 Å². The molecule has 0 saturated carbocycles. The second-order valence-corrected chi connectivity index (χ2v) is 4.25. The topological polar surface area (TPSA) is 60.2 Å². The number of pyridine rings is 1. The highest BCUT2D eigenvalue weighted by atomic mass is 16.5. The van der Waals surface area contributed by atoms with E-state index in [4.69, 9.17) is 4.74 Å². The molecule has 5 nitrogen and oxygen atoms in total. The Balaban J connectivity index is 1.91. The summed E-state index contributed by atoms with van der Waals surface area (Å²) in [6.07, 6.45) is 4.26. The first-order chi connectivity index (χ1) is 8.67. The zero-order valence-electron chi connectivity index (χ0n) is 10.6. The third kappa shape index (κ3) is 3.30. The van der Waals surface area contributed by atoms with Crippen LogP contribution >= 0.6 is 0 Å². The molecule has 0 aliphatic heterocycles. The van der Waals surface area contributed by atoms with Crippen molar-refractivity contribution in [2.45, 2.75) is 18.9 Å². The standard InChI is InChI=1S/C13H17N3O2/c1-16-6-5-11(15-16)8-12(17)7-10-3-4-13(18-2)14-9-10/h3-6,9,12,17H,7-8H2,1-2H3. The molecule has 18 heavy (non-hydrogen) atoms. The van der Waals surface area contributed by atoms with Crippen molar-refractivity contribution >= 4 is 0 Å². The van der Waals surface area contributed by atoms with Gasteiger partial charge >= 0.3 is 0 Å². The van der Waals surface area contributed by atoms with Crippen molar-refractivity contribution in [1.29, 1.82) is 0 Å². The highest BCUT2D eigenvalue weighted by Gasteiger charge is 2.09. The van der Waals surface area contributed by atoms with Gasteiger partial charge in [-0.1, -0.05) is 6.07 Å². The van der Waals surface area contributed by atoms with Crippen LogP contribution in [0.5, 0.6) is 5.88 Å². The van der Waals surface area contributed by atoms with Gasteiger partial charge in [-0.25, -0.2) is 4.98 Å². The van der Waals surface area contributed by atoms with Crippen molar-refractivity contribution < 1.29 is 9.84 Å². The SMILES string of the molecule is COc1ccc(CC(O)Cc2ccn(C)n2)cn1. The van der Waals surface area contributed by atoms with Crippen molar-refractivity contribution in [3.8, 4) is 5.88 Å². The Labute approximate surface area is 106 Å². The minimum atomic E-state index is -0.449. The van der Waals surface area contributed by atoms with E-state index < -0.39 is 6.10 Å². The van der Waals surface area contributed by atoms with Gasteiger partial charge < -0.3 is 9.84 Å². The fourth-order valence-electron chi connectivity index (χ4n) is 1.81. The van der Waals surface area contributed by atoms with E-state index in [1.807, 2.05) is 25.4 Å². The summed E-state index contributed by atoms with van der Waals surface area (Å²) in [5.74, 6) is 0.581. The predicted octanol–water partition coefficient (Wildman–Crippen LogP) is 0.970. The number of aryl methyl sites for hydroxylation is 1. The maximum absolute atomic E-state index is 9.98. The molecular weight excluding hydrogens is 230 g/mol. The maximum atomic E-state index is 9.98. The van der Waals surface area contributed by atoms with Crippen LogP contribution in [0.3, 0.4) is 0 Å². The summed E-state index contributed by atoms with van der Waals surface area (Å²) in [7, 11) is 3.45. The number of aliphatic hydroxyl groups is 1. The molecule has 0 bridgehead atoms. The minimum absolute atomic E-state index is 0.449. The van der Waals surface area contributed by atoms with E-state index in [-0.39, 0.29) is 0 Å². The molecule has 2 aromatic rings. The van der Waals surface area contributed by atoms with E-state index in [9.17, 15) is 5.11 Å². The fourth-order valence-corrected chi connectivity index (χ4v) is 1.81. The van der Waals surface area contributed by atoms with Crippen molar-refractivity contribution in [2.24, 2.45) is 7.05 Å². The Hall–Kier alpha value is -1.88. The van der Waals surface area contributed by atoms with Gasteiger partial charge in [-0.05, 0) is 11.6 Å². The van der Waals surface area contributed by atoms with Crippen molar-refractivity contribution in [3.05, 3.63) is 41.9 Å². The lowest BCUT2D eigenvalue weighted by Crippen LogP contribution is -2.14. The second kappa shape index (κ2) is 5.64. The normalized spacial score (nSPS) is 12.4. The molecular formula is C13H17N3O2. The van der Waals surface area contributed by atoms with E-state index in [0.29, 0.717) is 18.7 Å². The molecule has 2 rings (SSSR count). The van der Waals surface area contributed by atoms with E-state index in [0.717, 1.165) is 11.3 Å². The number of hydrogen-bond donors (Lipinski definition) is 1. The molecule has 0 radical (unpaired) electrons. The lowest BCUT2D eigenvalue weighted by molar-refractivity contribution is 0.174. The number of aliphatic hydroxyl groups excluding tert-OH is 1. The first kappa shape index (κ1) is 12.6. The van der Waals surface area contributed by atoms with E-state index in [2.05, 4.69) is 10.1 Å². The Kier molecular flexibility index (Phi) is 3.94. The van der Waals surface area contributed by atoms with E-state index in [1.54, 1.807) is 24.1 Å². The first-order valence-corrected chi connectivity index (χ1v) is 5.83. The molecule has 2 aromatic heterocycles. The van der Waals surface area contributed by atoms with E-state index in [1.165, 1.54) is 0 Å². The summed E-state index contributed by atoms with van der Waals surface area (Å²) in [4.78, 5) is 4.11. The van der Waals surface area contributed by atoms with Gasteiger partial charge in [0.25, 0.3) is 0 Å². The van der Waals surface area contributed by atoms with Gasteiger partial charge in [0.2, 0.25) is 5.88 Å². The van der Waals surface area contributed by atoms with Crippen LogP contribution in [0.25, 0.3) is 0 Å². The average molecular weight is 247 g/mol. The number of hydrogen-bond acceptors (Lipinski definition) is 4. The van der Waals surface area contributed by atoms with Crippen molar-refractivity contribution in [1.82, 2.24) is 14.8 Å². The summed E-state index contributed by atoms with van der Waals surface area (Å²) in [5, 5.41) is 14.2. The third-order valence-corrected chi connectivity index (χ3v) is 2.69. The zero-order chi connectivity index (χ0) is 13.0. The monoisotopic (exact) mass is 247 g/mol. The maximum Gasteiger partial charge on any atom is 0.212 e. The molecule has 0 aliphatic carbocycles. The Morgan fingerprint density at radius 2 is 2.17 bits per heavy atom. The fraction of sp³-hybridized carbons (Fsp3) is 0.385. The number of aromatic nitrogens is 3. The van der Waals surface area contributed by atoms with Crippen LogP contribution in [-0.4, -0.2) is 33.1 Å². The lowest BCUT2D eigenvalue weighted by atomic mass is 10.1. The quantitative estimate of drug-likeness (QED) is 0.855. The minimum Gasteiger partial charge on any atom is -0.481 e. The predicted molar refractivity (Wildman–Crippen MR) is 67.4 cm³/mol. The molecule has 96 valence electrons. The molecule has 0 aromatic carbocycles. The second-order valence-electron chi connectivity index (χ2n) is 4.25. The molecule has 1 N–H and O–H groups in total. The van der Waals surface area contributed by atoms with Gasteiger partial charge in [-0.2, -0.15) is 5.10 Å². The summed E-state index contributed by atoms with van der Waals surface area (Å²) in [5.41, 5.74) is 1.88. The summed E-state index contributed by atoms with van der Waals surface area (Å²) >= 11 is 0. The Morgan fingerprint density at radius 1 is 1.33 bits per heavy atom. The largest absolute Gasteiger partial charge is 0.481 e. The number of rotatable bonds is 5. The first-order valence-electron chi connectivity index (χ1n) is 5.83. The molecule has 2 heterocycles. The smallest absolute Gasteiger partial charge is 0.212 e. The van der Waals surface area contributed by atoms with Gasteiger partial charge in [0.1, 0.15) is 0 Å². The molecule has 5 heteroatoms. The molecule has 0 amide bonds. The lowest BCUT2D eigenvalue weighted by Gasteiger charge is -2.09. The zero-order valence-corrected chi connectivity index (χ0v) is 10.6. The number of ether oxygens (including phenoxy) is 1. The van der Waals surface area contributed by atoms with Crippen LogP contribution in [0.4, 0.5) is 0 Å². The molecule has 0 saturated heterocycles. The number of methoxy groups -OCH3 is 1. The molecule has 0 aliphatic rings. The average Bonchev–Trinajstić information content (AvgIpc) is 2.75. The highest BCUT2D eigenvalue weighted by Crippen LogP contribution is 2.10. The summed E-state index contributed by atoms with van der Waals surface area (Å²) < 4.78 is 6.72. The Morgan fingerprint density at radius 3 is 2.72 bits per heavy atom. The Bertz CT molecular complexity index is 493. The highest BCUT2D eigenvalue weighted by molar-refractivity contribution is 5.18. The van der Waals surface area contributed by atoms with Crippen molar-refractivity contribution in [2.75, 3.05) is 7.11 Å². The van der Waals surface area contributed by atoms with Crippen LogP contribution in [-0.2, 0) is 19.9 Å². The van der Waals surface area contributed by atoms with Crippen molar-refractivity contribution in [3.63, 3.8) is 0 Å². The van der Waals surface area contributed by atoms with Crippen LogP contribution in [0.15, 0.2) is 30.6 Å². The van der Waals surface area contributed by atoms with Crippen LogP contribution < -0.4 is 4.74 Å². The molecule has 0 spiro atoms. The van der Waals surface area contributed by atoms with Gasteiger partial charge in [0, 0.05) is 38.3 Å². The summed E-state index contributed by atoms with van der Waals surface area (Å²) in [6.45, 7) is 0. The van der Waals surface area contributed by atoms with Crippen LogP contribution in [0.2, 0.25) is 0 Å². The van der Waals surface area contributed by atoms with Crippen LogP contribution in [0.1, 0.15) is 11.3 Å². The summed E-state index contributed by atoms with van der Waals surface area (Å²) in [6, 6.07) is 5.62. The van der Waals surface area contributed by atoms with Gasteiger partial charge in [0.05, 0.1) is 18.9 Å². The number of nitrogens with zero attached hydrogens (tertiary/aromatic N) is 3. The molecule has 1 atom stereocenters. The van der Waals surface area contributed by atoms with Gasteiger partial charge in [0.15, 0.2) is 0 Å². The van der Waals surface area contributed by atoms with Gasteiger partial charge in [-0.3, -0.25) is 4.68 Å².